The molecule has 0 radical (unpaired) electrons. The fraction of sp³-hybridized carbons (Fsp3) is 0.222. The summed E-state index contributed by atoms with van der Waals surface area (Å²) >= 11 is 2.13. The van der Waals surface area contributed by atoms with Crippen LogP contribution < -0.4 is 10.6 Å². The number of anilines is 1. The first-order valence-corrected chi connectivity index (χ1v) is 8.63. The van der Waals surface area contributed by atoms with Crippen LogP contribution in [0.25, 0.3) is 0 Å². The molecule has 0 heterocycles. The van der Waals surface area contributed by atoms with Crippen molar-refractivity contribution in [3.63, 3.8) is 0 Å². The summed E-state index contributed by atoms with van der Waals surface area (Å²) < 4.78 is 5.82. The summed E-state index contributed by atoms with van der Waals surface area (Å²) in [6.45, 7) is 1.18. The average molecular weight is 438 g/mol. The van der Waals surface area contributed by atoms with Crippen molar-refractivity contribution in [1.29, 1.82) is 0 Å². The Kier molecular flexibility index (Phi) is 7.20. The third-order valence-electron chi connectivity index (χ3n) is 3.33. The zero-order chi connectivity index (χ0) is 17.4. The number of carbonyl (C=O) groups excluding carboxylic acids is 2. The molecule has 2 N–H and O–H groups in total. The Morgan fingerprint density at radius 2 is 1.75 bits per heavy atom. The number of methoxy groups -OCH3 is 1. The van der Waals surface area contributed by atoms with E-state index in [0.717, 1.165) is 9.99 Å². The molecule has 0 aromatic heterocycles. The van der Waals surface area contributed by atoms with Crippen molar-refractivity contribution in [2.75, 3.05) is 25.6 Å². The molecule has 0 bridgehead atoms. The molecule has 0 fully saturated rings. The molecule has 0 spiro atoms. The summed E-state index contributed by atoms with van der Waals surface area (Å²) in [5.74, 6) is -0.307. The highest BCUT2D eigenvalue weighted by Crippen LogP contribution is 2.15. The van der Waals surface area contributed by atoms with E-state index in [2.05, 4.69) is 33.2 Å². The largest absolute Gasteiger partial charge is 0.385 e. The van der Waals surface area contributed by atoms with Crippen LogP contribution >= 0.6 is 22.6 Å². The molecule has 2 aromatic carbocycles. The highest BCUT2D eigenvalue weighted by Gasteiger charge is 2.10. The first-order valence-electron chi connectivity index (χ1n) is 7.55. The molecule has 5 nitrogen and oxygen atoms in total. The Labute approximate surface area is 154 Å². The van der Waals surface area contributed by atoms with Gasteiger partial charge in [0.1, 0.15) is 0 Å². The van der Waals surface area contributed by atoms with Crippen LogP contribution in [0.5, 0.6) is 0 Å². The highest BCUT2D eigenvalue weighted by atomic mass is 127. The van der Waals surface area contributed by atoms with Crippen LogP contribution in [0.15, 0.2) is 48.5 Å². The lowest BCUT2D eigenvalue weighted by Gasteiger charge is -2.08. The number of rotatable bonds is 7. The summed E-state index contributed by atoms with van der Waals surface area (Å²) in [7, 11) is 1.63. The Morgan fingerprint density at radius 3 is 2.42 bits per heavy atom. The molecular weight excluding hydrogens is 419 g/mol. The third-order valence-corrected chi connectivity index (χ3v) is 4.27. The van der Waals surface area contributed by atoms with Gasteiger partial charge >= 0.3 is 0 Å². The minimum absolute atomic E-state index is 0.137. The van der Waals surface area contributed by atoms with Crippen molar-refractivity contribution in [3.8, 4) is 0 Å². The van der Waals surface area contributed by atoms with Crippen LogP contribution in [-0.4, -0.2) is 32.1 Å². The van der Waals surface area contributed by atoms with Crippen molar-refractivity contribution in [2.24, 2.45) is 0 Å². The lowest BCUT2D eigenvalue weighted by Crippen LogP contribution is -2.25. The van der Waals surface area contributed by atoms with Gasteiger partial charge in [-0.05, 0) is 65.4 Å². The van der Waals surface area contributed by atoms with Crippen LogP contribution in [0.1, 0.15) is 27.1 Å². The topological polar surface area (TPSA) is 67.4 Å². The molecule has 2 rings (SSSR count). The Bertz CT molecular complexity index is 702. The monoisotopic (exact) mass is 438 g/mol. The third kappa shape index (κ3) is 5.31. The first kappa shape index (κ1) is 18.4. The van der Waals surface area contributed by atoms with Gasteiger partial charge in [-0.15, -0.1) is 0 Å². The molecule has 0 saturated carbocycles. The second kappa shape index (κ2) is 9.39. The van der Waals surface area contributed by atoms with Crippen molar-refractivity contribution in [2.45, 2.75) is 6.42 Å². The van der Waals surface area contributed by atoms with Crippen molar-refractivity contribution in [3.05, 3.63) is 63.2 Å². The van der Waals surface area contributed by atoms with Gasteiger partial charge in [0, 0.05) is 35.1 Å². The fourth-order valence-electron chi connectivity index (χ4n) is 2.07. The molecule has 0 aliphatic rings. The Morgan fingerprint density at radius 1 is 1.04 bits per heavy atom. The van der Waals surface area contributed by atoms with E-state index in [4.69, 9.17) is 4.74 Å². The van der Waals surface area contributed by atoms with Gasteiger partial charge in [-0.25, -0.2) is 0 Å². The number of amides is 2. The predicted octanol–water partition coefficient (Wildman–Crippen LogP) is 3.31. The van der Waals surface area contributed by atoms with Gasteiger partial charge in [-0.3, -0.25) is 9.59 Å². The molecule has 0 atom stereocenters. The quantitative estimate of drug-likeness (QED) is 0.515. The molecule has 2 amide bonds. The SMILES string of the molecule is COCCCNC(=O)c1ccc(NC(=O)c2ccccc2I)cc1. The molecule has 126 valence electrons. The zero-order valence-electron chi connectivity index (χ0n) is 13.3. The minimum Gasteiger partial charge on any atom is -0.385 e. The molecule has 0 saturated heterocycles. The van der Waals surface area contributed by atoms with Gasteiger partial charge in [0.25, 0.3) is 11.8 Å². The summed E-state index contributed by atoms with van der Waals surface area (Å²) in [6, 6.07) is 14.2. The van der Waals surface area contributed by atoms with Crippen molar-refractivity contribution < 1.29 is 14.3 Å². The van der Waals surface area contributed by atoms with Gasteiger partial charge in [-0.2, -0.15) is 0 Å². The number of hydrogen-bond donors (Lipinski definition) is 2. The van der Waals surface area contributed by atoms with Crippen LogP contribution in [0.3, 0.4) is 0 Å². The second-order valence-corrected chi connectivity index (χ2v) is 6.28. The van der Waals surface area contributed by atoms with E-state index in [1.165, 1.54) is 0 Å². The fourth-order valence-corrected chi connectivity index (χ4v) is 2.70. The summed E-state index contributed by atoms with van der Waals surface area (Å²) in [5, 5.41) is 5.65. The summed E-state index contributed by atoms with van der Waals surface area (Å²) in [5.41, 5.74) is 1.83. The lowest BCUT2D eigenvalue weighted by molar-refractivity contribution is 0.0948. The van der Waals surface area contributed by atoms with Crippen molar-refractivity contribution in [1.82, 2.24) is 5.32 Å². The maximum Gasteiger partial charge on any atom is 0.256 e. The van der Waals surface area contributed by atoms with E-state index >= 15 is 0 Å². The average Bonchev–Trinajstić information content (AvgIpc) is 2.59. The van der Waals surface area contributed by atoms with E-state index in [1.807, 2.05) is 18.2 Å². The van der Waals surface area contributed by atoms with E-state index in [9.17, 15) is 9.59 Å². The van der Waals surface area contributed by atoms with Gasteiger partial charge < -0.3 is 15.4 Å². The highest BCUT2D eigenvalue weighted by molar-refractivity contribution is 14.1. The van der Waals surface area contributed by atoms with Gasteiger partial charge in [0.15, 0.2) is 0 Å². The van der Waals surface area contributed by atoms with E-state index < -0.39 is 0 Å². The zero-order valence-corrected chi connectivity index (χ0v) is 15.5. The maximum absolute atomic E-state index is 12.2. The smallest absolute Gasteiger partial charge is 0.256 e. The molecule has 6 heteroatoms. The summed E-state index contributed by atoms with van der Waals surface area (Å²) in [4.78, 5) is 24.2. The minimum atomic E-state index is -0.170. The Balaban J connectivity index is 1.93. The van der Waals surface area contributed by atoms with E-state index in [-0.39, 0.29) is 11.8 Å². The maximum atomic E-state index is 12.2. The number of carbonyl (C=O) groups is 2. The van der Waals surface area contributed by atoms with Crippen LogP contribution in [0, 0.1) is 3.57 Å². The Hall–Kier alpha value is -1.93. The number of hydrogen-bond acceptors (Lipinski definition) is 3. The van der Waals surface area contributed by atoms with Gasteiger partial charge in [-0.1, -0.05) is 12.1 Å². The molecule has 0 aliphatic carbocycles. The molecule has 0 unspecified atom stereocenters. The standard InChI is InChI=1S/C18H19IN2O3/c1-24-12-4-11-20-17(22)13-7-9-14(10-8-13)21-18(23)15-5-2-3-6-16(15)19/h2-3,5-10H,4,11-12H2,1H3,(H,20,22)(H,21,23). The van der Waals surface area contributed by atoms with E-state index in [0.29, 0.717) is 30.0 Å². The number of ether oxygens (including phenoxy) is 1. The second-order valence-electron chi connectivity index (χ2n) is 5.11. The normalized spacial score (nSPS) is 10.2. The number of benzene rings is 2. The molecule has 2 aromatic rings. The predicted molar refractivity (Wildman–Crippen MR) is 102 cm³/mol. The van der Waals surface area contributed by atoms with Crippen LogP contribution in [-0.2, 0) is 4.74 Å². The first-order chi connectivity index (χ1) is 11.6. The van der Waals surface area contributed by atoms with E-state index in [1.54, 1.807) is 37.4 Å². The molecule has 0 aliphatic heterocycles. The van der Waals surface area contributed by atoms with Gasteiger partial charge in [0.2, 0.25) is 0 Å². The molecule has 24 heavy (non-hydrogen) atoms. The number of nitrogens with one attached hydrogen (secondary N) is 2. The van der Waals surface area contributed by atoms with Crippen LogP contribution in [0.2, 0.25) is 0 Å². The van der Waals surface area contributed by atoms with Crippen LogP contribution in [0.4, 0.5) is 5.69 Å². The number of halogens is 1. The van der Waals surface area contributed by atoms with Crippen molar-refractivity contribution >= 4 is 40.1 Å². The van der Waals surface area contributed by atoms with Gasteiger partial charge in [0.05, 0.1) is 5.56 Å². The summed E-state index contributed by atoms with van der Waals surface area (Å²) in [6.07, 6.45) is 0.770. The molecular formula is C18H19IN2O3. The lowest BCUT2D eigenvalue weighted by atomic mass is 10.1.